The average Bonchev–Trinajstić information content (AvgIpc) is 3.26. The van der Waals surface area contributed by atoms with E-state index in [1.807, 2.05) is 42.8 Å². The molecule has 0 radical (unpaired) electrons. The first kappa shape index (κ1) is 31.2. The van der Waals surface area contributed by atoms with Crippen LogP contribution in [-0.2, 0) is 19.6 Å². The Morgan fingerprint density at radius 2 is 1.78 bits per heavy atom. The fraction of sp³-hybridized carbons (Fsp3) is 0.531. The Hall–Kier alpha value is -2.78. The number of anilines is 1. The Balaban J connectivity index is 1.42. The number of aliphatic hydroxyl groups is 1. The van der Waals surface area contributed by atoms with Crippen LogP contribution in [0.3, 0.4) is 0 Å². The highest BCUT2D eigenvalue weighted by atomic mass is 35.5. The van der Waals surface area contributed by atoms with Gasteiger partial charge in [-0.15, -0.1) is 0 Å². The Morgan fingerprint density at radius 1 is 1.12 bits per heavy atom. The van der Waals surface area contributed by atoms with Crippen molar-refractivity contribution in [3.8, 4) is 5.75 Å². The Bertz CT molecular complexity index is 1340. The van der Waals surface area contributed by atoms with Crippen molar-refractivity contribution in [1.82, 2.24) is 20.0 Å². The number of nitrogens with zero attached hydrogens (tertiary/aromatic N) is 3. The van der Waals surface area contributed by atoms with E-state index in [0.29, 0.717) is 29.2 Å². The van der Waals surface area contributed by atoms with E-state index in [2.05, 4.69) is 53.2 Å². The number of hydrogen-bond donors (Lipinski definition) is 3. The molecule has 1 fully saturated rings. The third-order valence-corrected chi connectivity index (χ3v) is 9.01. The third-order valence-electron chi connectivity index (χ3n) is 8.79. The molecule has 1 saturated carbocycles. The molecule has 4 rings (SSSR count). The van der Waals surface area contributed by atoms with Crippen molar-refractivity contribution < 1.29 is 9.84 Å². The highest BCUT2D eigenvalue weighted by Gasteiger charge is 2.29. The van der Waals surface area contributed by atoms with Crippen LogP contribution in [-0.4, -0.2) is 52.6 Å². The molecule has 0 spiro atoms. The van der Waals surface area contributed by atoms with Gasteiger partial charge < -0.3 is 14.7 Å². The zero-order valence-electron chi connectivity index (χ0n) is 25.3. The fourth-order valence-electron chi connectivity index (χ4n) is 6.29. The van der Waals surface area contributed by atoms with Crippen LogP contribution in [0.25, 0.3) is 0 Å². The summed E-state index contributed by atoms with van der Waals surface area (Å²) in [5, 5.41) is 17.7. The number of benzene rings is 2. The van der Waals surface area contributed by atoms with Gasteiger partial charge >= 0.3 is 0 Å². The lowest BCUT2D eigenvalue weighted by molar-refractivity contribution is 0.136. The van der Waals surface area contributed by atoms with Crippen LogP contribution < -0.4 is 20.5 Å². The van der Waals surface area contributed by atoms with Gasteiger partial charge in [0.15, 0.2) is 0 Å². The van der Waals surface area contributed by atoms with Crippen LogP contribution in [0, 0.1) is 13.8 Å². The molecule has 41 heavy (non-hydrogen) atoms. The standard InChI is InChI=1S/C32H46ClN5O3/c1-7-37(26-13-11-25(12-14-26)36(5)20-23-9-15-27(41-6)16-10-23)30-18-24(33)17-28(21(30)3)31(39)34-19-29-22(4)38(8-2)35-32(29)40/h9-10,15-18,25-26,31,34,39H,7-8,11-14,19-20H2,1-6H3,(H,35,40). The summed E-state index contributed by atoms with van der Waals surface area (Å²) in [6.07, 6.45) is 3.52. The summed E-state index contributed by atoms with van der Waals surface area (Å²) in [7, 11) is 3.92. The second kappa shape index (κ2) is 13.9. The number of aromatic nitrogens is 2. The van der Waals surface area contributed by atoms with Crippen molar-refractivity contribution in [2.75, 3.05) is 25.6 Å². The van der Waals surface area contributed by atoms with Gasteiger partial charge in [-0.05, 0) is 95.8 Å². The van der Waals surface area contributed by atoms with Gasteiger partial charge in [0.1, 0.15) is 12.0 Å². The minimum Gasteiger partial charge on any atom is -0.497 e. The quantitative estimate of drug-likeness (QED) is 0.243. The van der Waals surface area contributed by atoms with Gasteiger partial charge in [0.25, 0.3) is 5.56 Å². The molecule has 8 nitrogen and oxygen atoms in total. The number of H-pyrrole nitrogens is 1. The lowest BCUT2D eigenvalue weighted by atomic mass is 9.88. The van der Waals surface area contributed by atoms with E-state index in [4.69, 9.17) is 16.3 Å². The lowest BCUT2D eigenvalue weighted by Crippen LogP contribution is -2.43. The molecule has 3 aromatic rings. The summed E-state index contributed by atoms with van der Waals surface area (Å²) in [4.78, 5) is 17.3. The summed E-state index contributed by atoms with van der Waals surface area (Å²) < 4.78 is 7.11. The molecule has 0 bridgehead atoms. The summed E-state index contributed by atoms with van der Waals surface area (Å²) in [6.45, 7) is 10.9. The van der Waals surface area contributed by atoms with Crippen molar-refractivity contribution in [2.45, 2.75) is 91.3 Å². The van der Waals surface area contributed by atoms with Gasteiger partial charge in [-0.2, -0.15) is 0 Å². The number of nitrogens with one attached hydrogen (secondary N) is 2. The smallest absolute Gasteiger partial charge is 0.268 e. The molecule has 9 heteroatoms. The number of halogens is 1. The monoisotopic (exact) mass is 583 g/mol. The van der Waals surface area contributed by atoms with Crippen LogP contribution in [0.4, 0.5) is 5.69 Å². The summed E-state index contributed by atoms with van der Waals surface area (Å²) in [5.41, 5.74) is 5.49. The molecule has 1 atom stereocenters. The predicted octanol–water partition coefficient (Wildman–Crippen LogP) is 5.53. The van der Waals surface area contributed by atoms with Crippen LogP contribution in [0.15, 0.2) is 41.2 Å². The molecule has 1 aliphatic rings. The van der Waals surface area contributed by atoms with E-state index < -0.39 is 6.23 Å². The van der Waals surface area contributed by atoms with Gasteiger partial charge in [-0.3, -0.25) is 24.8 Å². The maximum Gasteiger partial charge on any atom is 0.268 e. The van der Waals surface area contributed by atoms with Crippen molar-refractivity contribution in [3.05, 3.63) is 79.7 Å². The number of methoxy groups -OCH3 is 1. The molecule has 2 aromatic carbocycles. The molecule has 0 saturated heterocycles. The maximum absolute atomic E-state index is 12.4. The van der Waals surface area contributed by atoms with Crippen molar-refractivity contribution >= 4 is 17.3 Å². The zero-order valence-corrected chi connectivity index (χ0v) is 26.1. The summed E-state index contributed by atoms with van der Waals surface area (Å²) in [6, 6.07) is 13.1. The third kappa shape index (κ3) is 7.17. The van der Waals surface area contributed by atoms with Crippen LogP contribution in [0.2, 0.25) is 5.02 Å². The number of ether oxygens (including phenoxy) is 1. The van der Waals surface area contributed by atoms with E-state index >= 15 is 0 Å². The summed E-state index contributed by atoms with van der Waals surface area (Å²) in [5.74, 6) is 0.886. The van der Waals surface area contributed by atoms with E-state index in [0.717, 1.165) is 67.0 Å². The van der Waals surface area contributed by atoms with E-state index in [-0.39, 0.29) is 12.1 Å². The fourth-order valence-corrected chi connectivity index (χ4v) is 6.51. The topological polar surface area (TPSA) is 85.8 Å². The van der Waals surface area contributed by atoms with Crippen LogP contribution in [0.1, 0.15) is 73.7 Å². The van der Waals surface area contributed by atoms with Gasteiger partial charge in [-0.25, -0.2) is 0 Å². The van der Waals surface area contributed by atoms with Gasteiger partial charge in [0.2, 0.25) is 0 Å². The molecule has 0 aliphatic heterocycles. The first-order chi connectivity index (χ1) is 19.7. The van der Waals surface area contributed by atoms with E-state index in [9.17, 15) is 9.90 Å². The molecule has 3 N–H and O–H groups in total. The number of hydrogen-bond acceptors (Lipinski definition) is 6. The number of aromatic amines is 1. The lowest BCUT2D eigenvalue weighted by Gasteiger charge is -2.41. The molecule has 1 aromatic heterocycles. The second-order valence-electron chi connectivity index (χ2n) is 11.2. The Kier molecular flexibility index (Phi) is 10.6. The molecule has 1 unspecified atom stereocenters. The first-order valence-corrected chi connectivity index (χ1v) is 15.1. The predicted molar refractivity (Wildman–Crippen MR) is 167 cm³/mol. The first-order valence-electron chi connectivity index (χ1n) is 14.8. The van der Waals surface area contributed by atoms with Gasteiger partial charge in [-0.1, -0.05) is 23.7 Å². The average molecular weight is 584 g/mol. The number of rotatable bonds is 12. The van der Waals surface area contributed by atoms with Crippen LogP contribution in [0.5, 0.6) is 5.75 Å². The number of aryl methyl sites for hydroxylation is 1. The normalized spacial score (nSPS) is 18.1. The Labute approximate surface area is 249 Å². The highest BCUT2D eigenvalue weighted by molar-refractivity contribution is 6.31. The SMILES string of the molecule is CCN(c1cc(Cl)cc(C(O)NCc2c(C)n(CC)[nH]c2=O)c1C)C1CCC(N(C)Cc2ccc(OC)cc2)CC1. The second-order valence-corrected chi connectivity index (χ2v) is 11.6. The maximum atomic E-state index is 12.4. The van der Waals surface area contributed by atoms with Crippen molar-refractivity contribution in [1.29, 1.82) is 0 Å². The summed E-state index contributed by atoms with van der Waals surface area (Å²) >= 11 is 6.62. The minimum atomic E-state index is -0.947. The van der Waals surface area contributed by atoms with Gasteiger partial charge in [0, 0.05) is 60.2 Å². The van der Waals surface area contributed by atoms with E-state index in [1.165, 1.54) is 5.56 Å². The van der Waals surface area contributed by atoms with Crippen LogP contribution >= 0.6 is 11.6 Å². The molecule has 0 amide bonds. The molecule has 1 heterocycles. The zero-order chi connectivity index (χ0) is 29.7. The highest BCUT2D eigenvalue weighted by Crippen LogP contribution is 2.36. The largest absolute Gasteiger partial charge is 0.497 e. The molecular formula is C32H46ClN5O3. The molecule has 224 valence electrons. The van der Waals surface area contributed by atoms with Gasteiger partial charge in [0.05, 0.1) is 12.7 Å². The minimum absolute atomic E-state index is 0.130. The Morgan fingerprint density at radius 3 is 2.37 bits per heavy atom. The van der Waals surface area contributed by atoms with Crippen molar-refractivity contribution in [3.63, 3.8) is 0 Å². The molecular weight excluding hydrogens is 538 g/mol. The van der Waals surface area contributed by atoms with E-state index in [1.54, 1.807) is 7.11 Å². The molecule has 1 aliphatic carbocycles. The number of aliphatic hydroxyl groups excluding tert-OH is 1. The van der Waals surface area contributed by atoms with Crippen molar-refractivity contribution in [2.24, 2.45) is 0 Å².